The molecule has 0 radical (unpaired) electrons. The van der Waals surface area contributed by atoms with E-state index in [1.165, 1.54) is 0 Å². The zero-order valence-corrected chi connectivity index (χ0v) is 14.4. The van der Waals surface area contributed by atoms with Crippen LogP contribution < -0.4 is 10.1 Å². The van der Waals surface area contributed by atoms with E-state index in [0.717, 1.165) is 27.9 Å². The van der Waals surface area contributed by atoms with Gasteiger partial charge >= 0.3 is 0 Å². The lowest BCUT2D eigenvalue weighted by atomic mass is 10.1. The van der Waals surface area contributed by atoms with Crippen LogP contribution in [0.15, 0.2) is 53.1 Å². The molecule has 0 saturated carbocycles. The van der Waals surface area contributed by atoms with Crippen LogP contribution in [0.1, 0.15) is 17.3 Å². The van der Waals surface area contributed by atoms with Gasteiger partial charge < -0.3 is 9.26 Å². The fraction of sp³-hybridized carbons (Fsp3) is 0.158. The molecule has 0 saturated heterocycles. The summed E-state index contributed by atoms with van der Waals surface area (Å²) >= 11 is 0. The van der Waals surface area contributed by atoms with Gasteiger partial charge in [0.15, 0.2) is 6.61 Å². The third-order valence-electron chi connectivity index (χ3n) is 3.76. The number of nitrogens with one attached hydrogen (secondary N) is 1. The van der Waals surface area contributed by atoms with Crippen molar-refractivity contribution in [2.45, 2.75) is 20.5 Å². The Morgan fingerprint density at radius 3 is 2.46 bits per heavy atom. The Kier molecular flexibility index (Phi) is 4.18. The summed E-state index contributed by atoms with van der Waals surface area (Å²) in [5.41, 5.74) is 1.73. The summed E-state index contributed by atoms with van der Waals surface area (Å²) in [5.74, 6) is 1.84. The topological polar surface area (TPSA) is 86.0 Å². The van der Waals surface area contributed by atoms with E-state index in [9.17, 15) is 0 Å². The number of aryl methyl sites for hydroxylation is 2. The highest BCUT2D eigenvalue weighted by Crippen LogP contribution is 2.21. The van der Waals surface area contributed by atoms with Gasteiger partial charge in [0.1, 0.15) is 5.75 Å². The molecule has 0 bridgehead atoms. The van der Waals surface area contributed by atoms with Crippen LogP contribution in [-0.2, 0) is 6.61 Å². The molecule has 4 rings (SSSR count). The molecule has 130 valence electrons. The summed E-state index contributed by atoms with van der Waals surface area (Å²) in [7, 11) is 0. The summed E-state index contributed by atoms with van der Waals surface area (Å²) in [6, 6.07) is 15.9. The second-order valence-electron chi connectivity index (χ2n) is 5.91. The molecule has 0 aliphatic rings. The molecule has 7 nitrogen and oxygen atoms in total. The molecular formula is C19H17N5O2. The fourth-order valence-corrected chi connectivity index (χ4v) is 2.65. The molecule has 0 aliphatic carbocycles. The summed E-state index contributed by atoms with van der Waals surface area (Å²) in [6.07, 6.45) is 0. The number of hydrogen-bond acceptors (Lipinski definition) is 7. The van der Waals surface area contributed by atoms with Gasteiger partial charge in [0.25, 0.3) is 11.8 Å². The van der Waals surface area contributed by atoms with Gasteiger partial charge in [0.2, 0.25) is 5.95 Å². The number of nitrogens with zero attached hydrogens (tertiary/aromatic N) is 4. The van der Waals surface area contributed by atoms with Crippen LogP contribution in [-0.4, -0.2) is 20.1 Å². The van der Waals surface area contributed by atoms with Gasteiger partial charge in [-0.1, -0.05) is 30.3 Å². The molecule has 26 heavy (non-hydrogen) atoms. The monoisotopic (exact) mass is 347 g/mol. The largest absolute Gasteiger partial charge is 0.484 e. The lowest BCUT2D eigenvalue weighted by Gasteiger charge is -2.04. The van der Waals surface area contributed by atoms with Crippen LogP contribution in [0.5, 0.6) is 5.75 Å². The third kappa shape index (κ3) is 3.61. The second-order valence-corrected chi connectivity index (χ2v) is 5.91. The standard InChI is InChI=1S/C19H17N5O2/c1-12-9-13(2)21-18(20-12)23-19-22-17(26-24-19)11-25-16-8-7-14-5-3-4-6-15(14)10-16/h3-10H,11H2,1-2H3,(H,20,21,23,24). The van der Waals surface area contributed by atoms with E-state index in [4.69, 9.17) is 9.26 Å². The SMILES string of the molecule is Cc1cc(C)nc(Nc2noc(COc3ccc4ccccc4c3)n2)n1. The molecule has 2 aromatic heterocycles. The van der Waals surface area contributed by atoms with Gasteiger partial charge in [-0.25, -0.2) is 9.97 Å². The first-order valence-electron chi connectivity index (χ1n) is 8.19. The Balaban J connectivity index is 1.42. The predicted octanol–water partition coefficient (Wildman–Crippen LogP) is 3.95. The number of anilines is 2. The van der Waals surface area contributed by atoms with Crippen molar-refractivity contribution >= 4 is 22.7 Å². The minimum Gasteiger partial charge on any atom is -0.484 e. The Morgan fingerprint density at radius 1 is 0.885 bits per heavy atom. The Morgan fingerprint density at radius 2 is 1.65 bits per heavy atom. The maximum absolute atomic E-state index is 5.75. The van der Waals surface area contributed by atoms with Crippen LogP contribution >= 0.6 is 0 Å². The van der Waals surface area contributed by atoms with Crippen LogP contribution in [0.2, 0.25) is 0 Å². The van der Waals surface area contributed by atoms with Crippen molar-refractivity contribution in [1.82, 2.24) is 20.1 Å². The molecule has 2 heterocycles. The maximum Gasteiger partial charge on any atom is 0.270 e. The van der Waals surface area contributed by atoms with Crippen LogP contribution in [0.25, 0.3) is 10.8 Å². The van der Waals surface area contributed by atoms with Gasteiger partial charge in [-0.2, -0.15) is 4.98 Å². The molecule has 0 unspecified atom stereocenters. The summed E-state index contributed by atoms with van der Waals surface area (Å²) in [4.78, 5) is 12.8. The van der Waals surface area contributed by atoms with Crippen molar-refractivity contribution in [2.24, 2.45) is 0 Å². The molecular weight excluding hydrogens is 330 g/mol. The van der Waals surface area contributed by atoms with Gasteiger partial charge in [-0.05, 0) is 48.0 Å². The van der Waals surface area contributed by atoms with Crippen molar-refractivity contribution in [2.75, 3.05) is 5.32 Å². The number of ether oxygens (including phenoxy) is 1. The van der Waals surface area contributed by atoms with E-state index in [2.05, 4.69) is 31.5 Å². The first-order valence-corrected chi connectivity index (χ1v) is 8.19. The number of rotatable bonds is 5. The highest BCUT2D eigenvalue weighted by atomic mass is 16.5. The van der Waals surface area contributed by atoms with Crippen molar-refractivity contribution < 1.29 is 9.26 Å². The van der Waals surface area contributed by atoms with Crippen molar-refractivity contribution in [3.63, 3.8) is 0 Å². The Hall–Kier alpha value is -3.48. The minimum absolute atomic E-state index is 0.181. The highest BCUT2D eigenvalue weighted by molar-refractivity contribution is 5.83. The van der Waals surface area contributed by atoms with Crippen molar-refractivity contribution in [3.8, 4) is 5.75 Å². The molecule has 7 heteroatoms. The summed E-state index contributed by atoms with van der Waals surface area (Å²) in [6.45, 7) is 3.98. The molecule has 4 aromatic rings. The number of benzene rings is 2. The van der Waals surface area contributed by atoms with Gasteiger partial charge in [-0.3, -0.25) is 5.32 Å². The Labute approximate surface area is 150 Å². The van der Waals surface area contributed by atoms with E-state index < -0.39 is 0 Å². The summed E-state index contributed by atoms with van der Waals surface area (Å²) in [5, 5.41) is 9.09. The van der Waals surface area contributed by atoms with Crippen LogP contribution in [0, 0.1) is 13.8 Å². The van der Waals surface area contributed by atoms with Crippen LogP contribution in [0.3, 0.4) is 0 Å². The molecule has 0 aliphatic heterocycles. The average molecular weight is 347 g/mol. The van der Waals surface area contributed by atoms with E-state index in [0.29, 0.717) is 17.8 Å². The first kappa shape index (κ1) is 16.0. The zero-order valence-electron chi connectivity index (χ0n) is 14.4. The quantitative estimate of drug-likeness (QED) is 0.585. The van der Waals surface area contributed by atoms with Gasteiger partial charge in [0, 0.05) is 11.4 Å². The first-order chi connectivity index (χ1) is 12.7. The number of fused-ring (bicyclic) bond motifs is 1. The van der Waals surface area contributed by atoms with Crippen molar-refractivity contribution in [1.29, 1.82) is 0 Å². The second kappa shape index (κ2) is 6.79. The van der Waals surface area contributed by atoms with Crippen molar-refractivity contribution in [3.05, 3.63) is 65.8 Å². The molecule has 0 amide bonds. The van der Waals surface area contributed by atoms with E-state index in [-0.39, 0.29) is 6.61 Å². The van der Waals surface area contributed by atoms with E-state index >= 15 is 0 Å². The van der Waals surface area contributed by atoms with Gasteiger partial charge in [0.05, 0.1) is 0 Å². The lowest BCUT2D eigenvalue weighted by Crippen LogP contribution is -2.01. The number of aromatic nitrogens is 4. The molecule has 2 aromatic carbocycles. The average Bonchev–Trinajstić information content (AvgIpc) is 3.06. The maximum atomic E-state index is 5.75. The zero-order chi connectivity index (χ0) is 17.9. The molecule has 0 spiro atoms. The molecule has 0 fully saturated rings. The number of hydrogen-bond donors (Lipinski definition) is 1. The highest BCUT2D eigenvalue weighted by Gasteiger charge is 2.09. The van der Waals surface area contributed by atoms with Gasteiger partial charge in [-0.15, -0.1) is 0 Å². The van der Waals surface area contributed by atoms with E-state index in [1.54, 1.807) is 0 Å². The molecule has 1 N–H and O–H groups in total. The minimum atomic E-state index is 0.181. The Bertz CT molecular complexity index is 1040. The normalized spacial score (nSPS) is 10.8. The van der Waals surface area contributed by atoms with Crippen LogP contribution in [0.4, 0.5) is 11.9 Å². The lowest BCUT2D eigenvalue weighted by molar-refractivity contribution is 0.243. The molecule has 0 atom stereocenters. The fourth-order valence-electron chi connectivity index (χ4n) is 2.65. The predicted molar refractivity (Wildman–Crippen MR) is 97.4 cm³/mol. The third-order valence-corrected chi connectivity index (χ3v) is 3.76. The summed E-state index contributed by atoms with van der Waals surface area (Å²) < 4.78 is 10.9. The smallest absolute Gasteiger partial charge is 0.270 e. The van der Waals surface area contributed by atoms with E-state index in [1.807, 2.05) is 56.3 Å².